The number of aliphatic imine (C=N–C) groups is 1. The average molecular weight is 306 g/mol. The van der Waals surface area contributed by atoms with E-state index < -0.39 is 0 Å². The highest BCUT2D eigenvalue weighted by molar-refractivity contribution is 6.42. The molecule has 1 saturated heterocycles. The molecule has 0 radical (unpaired) electrons. The van der Waals surface area contributed by atoms with E-state index in [1.807, 2.05) is 12.1 Å². The third-order valence-corrected chi connectivity index (χ3v) is 4.15. The highest BCUT2D eigenvalue weighted by atomic mass is 35.5. The molecule has 0 bridgehead atoms. The molecule has 0 unspecified atom stereocenters. The number of amidine groups is 1. The van der Waals surface area contributed by atoms with Gasteiger partial charge in [-0.15, -0.1) is 12.4 Å². The lowest BCUT2D eigenvalue weighted by atomic mass is 10.1. The Kier molecular flexibility index (Phi) is 4.41. The number of hydrogen-bond donors (Lipinski definition) is 0. The van der Waals surface area contributed by atoms with Crippen molar-refractivity contribution in [2.24, 2.45) is 4.99 Å². The smallest absolute Gasteiger partial charge is 0.105 e. The molecule has 2 aliphatic rings. The van der Waals surface area contributed by atoms with Crippen LogP contribution in [0.15, 0.2) is 17.1 Å². The summed E-state index contributed by atoms with van der Waals surface area (Å²) < 4.78 is 0. The quantitative estimate of drug-likeness (QED) is 0.670. The van der Waals surface area contributed by atoms with E-state index in [0.717, 1.165) is 25.2 Å². The fourth-order valence-corrected chi connectivity index (χ4v) is 2.84. The topological polar surface area (TPSA) is 15.6 Å². The largest absolute Gasteiger partial charge is 0.356 e. The Morgan fingerprint density at radius 1 is 1.06 bits per heavy atom. The molecular weight excluding hydrogens is 291 g/mol. The molecule has 2 aliphatic heterocycles. The summed E-state index contributed by atoms with van der Waals surface area (Å²) in [4.78, 5) is 7.10. The van der Waals surface area contributed by atoms with Crippen LogP contribution in [0.5, 0.6) is 0 Å². The average Bonchev–Trinajstić information content (AvgIpc) is 2.53. The predicted octanol–water partition coefficient (Wildman–Crippen LogP) is 4.83. The number of halogens is 3. The van der Waals surface area contributed by atoms with Gasteiger partial charge in [0.1, 0.15) is 5.84 Å². The van der Waals surface area contributed by atoms with Gasteiger partial charge < -0.3 is 4.90 Å². The van der Waals surface area contributed by atoms with E-state index in [4.69, 9.17) is 28.2 Å². The minimum atomic E-state index is 0. The van der Waals surface area contributed by atoms with E-state index in [9.17, 15) is 0 Å². The maximum atomic E-state index is 6.05. The third-order valence-electron chi connectivity index (χ3n) is 3.43. The van der Waals surface area contributed by atoms with Crippen LogP contribution in [-0.4, -0.2) is 17.3 Å². The minimum absolute atomic E-state index is 0. The van der Waals surface area contributed by atoms with Crippen molar-refractivity contribution in [3.63, 3.8) is 0 Å². The van der Waals surface area contributed by atoms with Crippen LogP contribution in [0.3, 0.4) is 0 Å². The summed E-state index contributed by atoms with van der Waals surface area (Å²) in [6.07, 6.45) is 4.88. The lowest BCUT2D eigenvalue weighted by molar-refractivity contribution is 0.403. The van der Waals surface area contributed by atoms with E-state index in [1.54, 1.807) is 0 Å². The van der Waals surface area contributed by atoms with Gasteiger partial charge in [-0.25, -0.2) is 4.99 Å². The van der Waals surface area contributed by atoms with E-state index in [0.29, 0.717) is 10.0 Å². The Labute approximate surface area is 123 Å². The van der Waals surface area contributed by atoms with Gasteiger partial charge in [0, 0.05) is 19.5 Å². The standard InChI is InChI=1S/C13H14Cl2N2.ClH/c14-10-6-9-8-17-5-3-1-2-4-13(17)16-12(9)7-11(10)15;/h6-7H,1-5,8H2;1H. The molecule has 1 fully saturated rings. The van der Waals surface area contributed by atoms with Crippen LogP contribution in [0.25, 0.3) is 0 Å². The van der Waals surface area contributed by atoms with E-state index in [-0.39, 0.29) is 12.4 Å². The second kappa shape index (κ2) is 5.68. The van der Waals surface area contributed by atoms with Gasteiger partial charge in [0.25, 0.3) is 0 Å². The summed E-state index contributed by atoms with van der Waals surface area (Å²) in [6, 6.07) is 3.83. The Morgan fingerprint density at radius 3 is 2.67 bits per heavy atom. The normalized spacial score (nSPS) is 18.1. The van der Waals surface area contributed by atoms with Crippen molar-refractivity contribution >= 4 is 47.1 Å². The van der Waals surface area contributed by atoms with E-state index in [1.165, 1.54) is 30.7 Å². The van der Waals surface area contributed by atoms with Crippen molar-refractivity contribution in [1.82, 2.24) is 4.90 Å². The number of benzene rings is 1. The van der Waals surface area contributed by atoms with Gasteiger partial charge in [0.15, 0.2) is 0 Å². The Hall–Kier alpha value is -0.440. The zero-order chi connectivity index (χ0) is 11.8. The molecule has 1 aromatic rings. The number of fused-ring (bicyclic) bond motifs is 2. The Bertz CT molecular complexity index is 485. The van der Waals surface area contributed by atoms with Gasteiger partial charge in [-0.2, -0.15) is 0 Å². The third kappa shape index (κ3) is 2.61. The summed E-state index contributed by atoms with van der Waals surface area (Å²) in [5.74, 6) is 1.22. The first-order valence-corrected chi connectivity index (χ1v) is 6.80. The SMILES string of the molecule is Cl.Clc1cc2c(cc1Cl)N=C1CCCCCN1C2. The zero-order valence-electron chi connectivity index (χ0n) is 9.96. The van der Waals surface area contributed by atoms with E-state index in [2.05, 4.69) is 4.90 Å². The van der Waals surface area contributed by atoms with Crippen LogP contribution in [0, 0.1) is 0 Å². The van der Waals surface area contributed by atoms with Gasteiger partial charge in [0.2, 0.25) is 0 Å². The molecule has 3 rings (SSSR count). The second-order valence-electron chi connectivity index (χ2n) is 4.66. The molecule has 1 aromatic carbocycles. The maximum Gasteiger partial charge on any atom is 0.105 e. The number of hydrogen-bond acceptors (Lipinski definition) is 2. The van der Waals surface area contributed by atoms with Crippen molar-refractivity contribution < 1.29 is 0 Å². The molecule has 18 heavy (non-hydrogen) atoms. The second-order valence-corrected chi connectivity index (χ2v) is 5.47. The Balaban J connectivity index is 0.00000120. The van der Waals surface area contributed by atoms with Crippen molar-refractivity contribution in [2.45, 2.75) is 32.2 Å². The first-order chi connectivity index (χ1) is 8.24. The van der Waals surface area contributed by atoms with Crippen molar-refractivity contribution in [3.05, 3.63) is 27.7 Å². The van der Waals surface area contributed by atoms with Crippen molar-refractivity contribution in [2.75, 3.05) is 6.54 Å². The van der Waals surface area contributed by atoms with Crippen molar-refractivity contribution in [3.8, 4) is 0 Å². The summed E-state index contributed by atoms with van der Waals surface area (Å²) in [5, 5.41) is 1.22. The molecule has 0 atom stereocenters. The summed E-state index contributed by atoms with van der Waals surface area (Å²) in [6.45, 7) is 2.03. The van der Waals surface area contributed by atoms with Crippen LogP contribution in [-0.2, 0) is 6.54 Å². The fourth-order valence-electron chi connectivity index (χ4n) is 2.50. The lowest BCUT2D eigenvalue weighted by Crippen LogP contribution is -2.32. The molecule has 0 spiro atoms. The zero-order valence-corrected chi connectivity index (χ0v) is 12.3. The van der Waals surface area contributed by atoms with Gasteiger partial charge in [0.05, 0.1) is 15.7 Å². The number of nitrogens with zero attached hydrogens (tertiary/aromatic N) is 2. The molecule has 5 heteroatoms. The van der Waals surface area contributed by atoms with Gasteiger partial charge in [-0.3, -0.25) is 0 Å². The summed E-state index contributed by atoms with van der Waals surface area (Å²) in [7, 11) is 0. The molecular formula is C13H15Cl3N2. The summed E-state index contributed by atoms with van der Waals surface area (Å²) >= 11 is 12.1. The maximum absolute atomic E-state index is 6.05. The van der Waals surface area contributed by atoms with Crippen LogP contribution in [0.1, 0.15) is 31.2 Å². The number of rotatable bonds is 0. The van der Waals surface area contributed by atoms with E-state index >= 15 is 0 Å². The monoisotopic (exact) mass is 304 g/mol. The van der Waals surface area contributed by atoms with Crippen LogP contribution in [0.2, 0.25) is 10.0 Å². The highest BCUT2D eigenvalue weighted by Gasteiger charge is 2.22. The van der Waals surface area contributed by atoms with Gasteiger partial charge in [-0.1, -0.05) is 29.6 Å². The molecule has 0 aliphatic carbocycles. The minimum Gasteiger partial charge on any atom is -0.356 e. The van der Waals surface area contributed by atoms with Crippen LogP contribution < -0.4 is 0 Å². The fraction of sp³-hybridized carbons (Fsp3) is 0.462. The lowest BCUT2D eigenvalue weighted by Gasteiger charge is -2.29. The first kappa shape index (κ1) is 14.0. The molecule has 2 nitrogen and oxygen atoms in total. The van der Waals surface area contributed by atoms with Gasteiger partial charge in [-0.05, 0) is 30.5 Å². The predicted molar refractivity (Wildman–Crippen MR) is 79.7 cm³/mol. The molecule has 0 amide bonds. The molecule has 0 aromatic heterocycles. The molecule has 0 N–H and O–H groups in total. The van der Waals surface area contributed by atoms with Crippen LogP contribution in [0.4, 0.5) is 5.69 Å². The summed E-state index contributed by atoms with van der Waals surface area (Å²) in [5.41, 5.74) is 2.18. The van der Waals surface area contributed by atoms with Crippen molar-refractivity contribution in [1.29, 1.82) is 0 Å². The Morgan fingerprint density at radius 2 is 1.83 bits per heavy atom. The molecule has 2 heterocycles. The highest BCUT2D eigenvalue weighted by Crippen LogP contribution is 2.35. The molecule has 98 valence electrons. The van der Waals surface area contributed by atoms with Gasteiger partial charge >= 0.3 is 0 Å². The first-order valence-electron chi connectivity index (χ1n) is 6.04. The van der Waals surface area contributed by atoms with Crippen LogP contribution >= 0.6 is 35.6 Å². The molecule has 0 saturated carbocycles.